The molecule has 0 bridgehead atoms. The van der Waals surface area contributed by atoms with Crippen molar-refractivity contribution in [1.82, 2.24) is 15.2 Å². The normalized spacial score (nSPS) is 12.9. The fraction of sp³-hybridized carbons (Fsp3) is 0.167. The summed E-state index contributed by atoms with van der Waals surface area (Å²) in [5.41, 5.74) is 2.60. The number of nitrogens with zero attached hydrogens (tertiary/aromatic N) is 4. The number of aromatic amines is 1. The van der Waals surface area contributed by atoms with Crippen LogP contribution in [0.2, 0.25) is 0 Å². The monoisotopic (exact) mass is 349 g/mol. The minimum Gasteiger partial charge on any atom is -0.307 e. The van der Waals surface area contributed by atoms with Crippen molar-refractivity contribution >= 4 is 17.3 Å². The van der Waals surface area contributed by atoms with Gasteiger partial charge >= 0.3 is 0 Å². The van der Waals surface area contributed by atoms with Crippen molar-refractivity contribution in [3.8, 4) is 11.4 Å². The van der Waals surface area contributed by atoms with Crippen molar-refractivity contribution in [2.24, 2.45) is 0 Å². The summed E-state index contributed by atoms with van der Waals surface area (Å²) in [6.45, 7) is 2.25. The summed E-state index contributed by atoms with van der Waals surface area (Å²) in [6.07, 6.45) is 0.479. The predicted molar refractivity (Wildman–Crippen MR) is 95.0 cm³/mol. The molecule has 0 saturated heterocycles. The third kappa shape index (κ3) is 2.61. The zero-order valence-corrected chi connectivity index (χ0v) is 14.0. The molecule has 0 spiro atoms. The Morgan fingerprint density at radius 1 is 1.23 bits per heavy atom. The van der Waals surface area contributed by atoms with E-state index in [9.17, 15) is 14.9 Å². The lowest BCUT2D eigenvalue weighted by molar-refractivity contribution is -0.385. The molecule has 0 saturated carbocycles. The van der Waals surface area contributed by atoms with Crippen molar-refractivity contribution in [3.63, 3.8) is 0 Å². The molecule has 3 aromatic rings. The lowest BCUT2D eigenvalue weighted by Crippen LogP contribution is -2.28. The summed E-state index contributed by atoms with van der Waals surface area (Å²) < 4.78 is 0. The average molecular weight is 349 g/mol. The van der Waals surface area contributed by atoms with Gasteiger partial charge in [0, 0.05) is 23.7 Å². The summed E-state index contributed by atoms with van der Waals surface area (Å²) >= 11 is 0. The molecule has 0 radical (unpaired) electrons. The second-order valence-corrected chi connectivity index (χ2v) is 6.06. The van der Waals surface area contributed by atoms with E-state index in [-0.39, 0.29) is 11.6 Å². The number of aromatic nitrogens is 3. The van der Waals surface area contributed by atoms with Gasteiger partial charge in [-0.05, 0) is 31.5 Å². The van der Waals surface area contributed by atoms with Crippen LogP contribution in [-0.2, 0) is 6.42 Å². The highest BCUT2D eigenvalue weighted by Gasteiger charge is 2.30. The van der Waals surface area contributed by atoms with E-state index in [1.165, 1.54) is 6.07 Å². The van der Waals surface area contributed by atoms with E-state index in [2.05, 4.69) is 15.2 Å². The maximum Gasteiger partial charge on any atom is 0.274 e. The molecular formula is C18H15N5O3. The molecule has 2 aromatic carbocycles. The van der Waals surface area contributed by atoms with Crippen LogP contribution >= 0.6 is 0 Å². The molecule has 1 aliphatic heterocycles. The van der Waals surface area contributed by atoms with Crippen LogP contribution < -0.4 is 4.90 Å². The lowest BCUT2D eigenvalue weighted by atomic mass is 10.1. The summed E-state index contributed by atoms with van der Waals surface area (Å²) in [6, 6.07) is 11.9. The number of carbonyl (C=O) groups is 1. The van der Waals surface area contributed by atoms with E-state index in [0.717, 1.165) is 11.4 Å². The van der Waals surface area contributed by atoms with E-state index in [1.54, 1.807) is 41.3 Å². The number of aryl methyl sites for hydroxylation is 1. The standard InChI is InChI=1S/C18H15N5O3/c1-11-19-17(21-20-11)12-5-7-13(8-6-12)18(24)22-10-9-14-15(22)3-2-4-16(14)23(25)26/h2-8H,9-10H2,1H3,(H,19,20,21). The molecule has 1 N–H and O–H groups in total. The van der Waals surface area contributed by atoms with Gasteiger partial charge in [0.1, 0.15) is 5.82 Å². The molecule has 2 heterocycles. The van der Waals surface area contributed by atoms with Crippen LogP contribution in [0.25, 0.3) is 11.4 Å². The summed E-state index contributed by atoms with van der Waals surface area (Å²) in [7, 11) is 0. The van der Waals surface area contributed by atoms with Crippen molar-refractivity contribution in [2.45, 2.75) is 13.3 Å². The fourth-order valence-electron chi connectivity index (χ4n) is 3.19. The number of benzene rings is 2. The highest BCUT2D eigenvalue weighted by molar-refractivity contribution is 6.07. The number of carbonyl (C=O) groups excluding carboxylic acids is 1. The van der Waals surface area contributed by atoms with E-state index in [4.69, 9.17) is 0 Å². The molecule has 8 nitrogen and oxygen atoms in total. The molecule has 0 fully saturated rings. The zero-order chi connectivity index (χ0) is 18.3. The van der Waals surface area contributed by atoms with Crippen LogP contribution in [0.1, 0.15) is 21.7 Å². The Morgan fingerprint density at radius 3 is 2.65 bits per heavy atom. The molecule has 4 rings (SSSR count). The smallest absolute Gasteiger partial charge is 0.274 e. The second kappa shape index (κ2) is 6.07. The minimum atomic E-state index is -0.402. The first-order chi connectivity index (χ1) is 12.5. The van der Waals surface area contributed by atoms with Gasteiger partial charge in [-0.2, -0.15) is 5.10 Å². The number of nitrogens with one attached hydrogen (secondary N) is 1. The Hall–Kier alpha value is -3.55. The summed E-state index contributed by atoms with van der Waals surface area (Å²) in [4.78, 5) is 29.5. The van der Waals surface area contributed by atoms with E-state index in [0.29, 0.717) is 35.6 Å². The van der Waals surface area contributed by atoms with Crippen LogP contribution in [0.15, 0.2) is 42.5 Å². The number of hydrogen-bond donors (Lipinski definition) is 1. The van der Waals surface area contributed by atoms with Crippen molar-refractivity contribution in [3.05, 3.63) is 69.5 Å². The first-order valence-corrected chi connectivity index (χ1v) is 8.12. The van der Waals surface area contributed by atoms with Gasteiger partial charge in [0.15, 0.2) is 5.82 Å². The molecular weight excluding hydrogens is 334 g/mol. The lowest BCUT2D eigenvalue weighted by Gasteiger charge is -2.17. The number of anilines is 1. The largest absolute Gasteiger partial charge is 0.307 e. The quantitative estimate of drug-likeness (QED) is 0.578. The number of nitro benzene ring substituents is 1. The zero-order valence-electron chi connectivity index (χ0n) is 14.0. The highest BCUT2D eigenvalue weighted by Crippen LogP contribution is 2.35. The third-order valence-corrected chi connectivity index (χ3v) is 4.43. The molecule has 1 amide bonds. The minimum absolute atomic E-state index is 0.0631. The SMILES string of the molecule is Cc1nc(-c2ccc(C(=O)N3CCc4c3cccc4[N+](=O)[O-])cc2)n[nH]1. The van der Waals surface area contributed by atoms with Gasteiger partial charge < -0.3 is 4.90 Å². The van der Waals surface area contributed by atoms with Crippen LogP contribution in [0.5, 0.6) is 0 Å². The van der Waals surface area contributed by atoms with Crippen molar-refractivity contribution in [1.29, 1.82) is 0 Å². The van der Waals surface area contributed by atoms with Crippen LogP contribution in [0.3, 0.4) is 0 Å². The van der Waals surface area contributed by atoms with Crippen LogP contribution in [0.4, 0.5) is 11.4 Å². The maximum atomic E-state index is 12.9. The molecule has 0 aliphatic carbocycles. The Balaban J connectivity index is 1.62. The first-order valence-electron chi connectivity index (χ1n) is 8.12. The number of amides is 1. The van der Waals surface area contributed by atoms with Gasteiger partial charge in [-0.3, -0.25) is 20.0 Å². The molecule has 130 valence electrons. The van der Waals surface area contributed by atoms with Gasteiger partial charge in [-0.15, -0.1) is 0 Å². The molecule has 1 aromatic heterocycles. The van der Waals surface area contributed by atoms with Gasteiger partial charge in [-0.1, -0.05) is 18.2 Å². The van der Waals surface area contributed by atoms with Crippen molar-refractivity contribution < 1.29 is 9.72 Å². The average Bonchev–Trinajstić information content (AvgIpc) is 3.27. The number of rotatable bonds is 3. The number of hydrogen-bond acceptors (Lipinski definition) is 5. The summed E-state index contributed by atoms with van der Waals surface area (Å²) in [5, 5.41) is 18.1. The Kier molecular flexibility index (Phi) is 3.72. The molecule has 0 unspecified atom stereocenters. The van der Waals surface area contributed by atoms with Gasteiger partial charge in [0.2, 0.25) is 0 Å². The van der Waals surface area contributed by atoms with Gasteiger partial charge in [0.25, 0.3) is 11.6 Å². The van der Waals surface area contributed by atoms with Crippen LogP contribution in [0, 0.1) is 17.0 Å². The van der Waals surface area contributed by atoms with E-state index < -0.39 is 4.92 Å². The Labute approximate surface area is 148 Å². The predicted octanol–water partition coefficient (Wildman–Crippen LogP) is 2.89. The van der Waals surface area contributed by atoms with Crippen LogP contribution in [-0.4, -0.2) is 32.6 Å². The Bertz CT molecular complexity index is 1010. The van der Waals surface area contributed by atoms with Gasteiger partial charge in [0.05, 0.1) is 16.2 Å². The van der Waals surface area contributed by atoms with Gasteiger partial charge in [-0.25, -0.2) is 4.98 Å². The first kappa shape index (κ1) is 15.9. The fourth-order valence-corrected chi connectivity index (χ4v) is 3.19. The Morgan fingerprint density at radius 2 is 2.00 bits per heavy atom. The number of H-pyrrole nitrogens is 1. The highest BCUT2D eigenvalue weighted by atomic mass is 16.6. The van der Waals surface area contributed by atoms with Crippen molar-refractivity contribution in [2.75, 3.05) is 11.4 Å². The van der Waals surface area contributed by atoms with E-state index in [1.807, 2.05) is 6.92 Å². The molecule has 26 heavy (non-hydrogen) atoms. The molecule has 8 heteroatoms. The molecule has 0 atom stereocenters. The third-order valence-electron chi connectivity index (χ3n) is 4.43. The number of nitro groups is 1. The second-order valence-electron chi connectivity index (χ2n) is 6.06. The topological polar surface area (TPSA) is 105 Å². The van der Waals surface area contributed by atoms with E-state index >= 15 is 0 Å². The number of fused-ring (bicyclic) bond motifs is 1. The molecule has 1 aliphatic rings. The summed E-state index contributed by atoms with van der Waals surface area (Å²) in [5.74, 6) is 1.11. The maximum absolute atomic E-state index is 12.9.